The second-order valence-corrected chi connectivity index (χ2v) is 6.10. The minimum atomic E-state index is -0.473. The first-order chi connectivity index (χ1) is 7.37. The summed E-state index contributed by atoms with van der Waals surface area (Å²) in [6, 6.07) is 1.98. The fourth-order valence-corrected chi connectivity index (χ4v) is 1.79. The fourth-order valence-electron chi connectivity index (χ4n) is 1.17. The van der Waals surface area contributed by atoms with E-state index in [1.807, 2.05) is 18.4 Å². The van der Waals surface area contributed by atoms with Gasteiger partial charge in [0.2, 0.25) is 0 Å². The molecule has 0 amide bonds. The van der Waals surface area contributed by atoms with Gasteiger partial charge in [0.15, 0.2) is 0 Å². The number of rotatable bonds is 5. The van der Waals surface area contributed by atoms with Gasteiger partial charge in [0, 0.05) is 22.3 Å². The highest BCUT2D eigenvalue weighted by Crippen LogP contribution is 2.20. The van der Waals surface area contributed by atoms with Crippen LogP contribution in [0.5, 0.6) is 5.75 Å². The molecular weight excluding hydrogens is 222 g/mol. The SMILES string of the molecule is Cc1cc(OC[C@@H](O)CNC(C)(C)C)cs1. The van der Waals surface area contributed by atoms with Crippen LogP contribution >= 0.6 is 11.3 Å². The van der Waals surface area contributed by atoms with Crippen molar-refractivity contribution in [3.8, 4) is 5.75 Å². The van der Waals surface area contributed by atoms with Crippen LogP contribution in [-0.4, -0.2) is 29.9 Å². The maximum Gasteiger partial charge on any atom is 0.130 e. The molecule has 92 valence electrons. The minimum absolute atomic E-state index is 0.0277. The van der Waals surface area contributed by atoms with Crippen molar-refractivity contribution in [1.82, 2.24) is 5.32 Å². The van der Waals surface area contributed by atoms with Gasteiger partial charge in [0.25, 0.3) is 0 Å². The van der Waals surface area contributed by atoms with E-state index in [4.69, 9.17) is 4.74 Å². The zero-order valence-corrected chi connectivity index (χ0v) is 11.2. The topological polar surface area (TPSA) is 41.5 Å². The van der Waals surface area contributed by atoms with E-state index in [2.05, 4.69) is 26.1 Å². The van der Waals surface area contributed by atoms with Crippen molar-refractivity contribution < 1.29 is 9.84 Å². The van der Waals surface area contributed by atoms with Crippen LogP contribution in [0.15, 0.2) is 11.4 Å². The molecule has 4 heteroatoms. The average molecular weight is 243 g/mol. The smallest absolute Gasteiger partial charge is 0.130 e. The van der Waals surface area contributed by atoms with Crippen LogP contribution in [0.4, 0.5) is 0 Å². The van der Waals surface area contributed by atoms with E-state index < -0.39 is 6.10 Å². The van der Waals surface area contributed by atoms with Crippen molar-refractivity contribution in [1.29, 1.82) is 0 Å². The van der Waals surface area contributed by atoms with Gasteiger partial charge in [-0.3, -0.25) is 0 Å². The Bertz CT molecular complexity index is 317. The zero-order chi connectivity index (χ0) is 12.2. The lowest BCUT2D eigenvalue weighted by Gasteiger charge is -2.22. The first kappa shape index (κ1) is 13.5. The van der Waals surface area contributed by atoms with E-state index in [1.54, 1.807) is 11.3 Å². The molecule has 0 aliphatic carbocycles. The third-order valence-corrected chi connectivity index (χ3v) is 2.86. The second kappa shape index (κ2) is 5.66. The molecule has 0 aliphatic rings. The number of β-amino-alcohol motifs (C(OH)–C–C–N with tert-alkyl or cyclic N) is 1. The normalized spacial score (nSPS) is 13.8. The van der Waals surface area contributed by atoms with Gasteiger partial charge in [-0.2, -0.15) is 0 Å². The number of aliphatic hydroxyl groups excluding tert-OH is 1. The Balaban J connectivity index is 2.22. The number of hydrogen-bond donors (Lipinski definition) is 2. The molecule has 0 aromatic carbocycles. The van der Waals surface area contributed by atoms with E-state index in [-0.39, 0.29) is 5.54 Å². The van der Waals surface area contributed by atoms with Gasteiger partial charge in [-0.05, 0) is 33.8 Å². The Kier molecular flexibility index (Phi) is 4.77. The van der Waals surface area contributed by atoms with Gasteiger partial charge < -0.3 is 15.2 Å². The lowest BCUT2D eigenvalue weighted by atomic mass is 10.1. The molecule has 1 aromatic rings. The molecule has 2 N–H and O–H groups in total. The summed E-state index contributed by atoms with van der Waals surface area (Å²) in [7, 11) is 0. The van der Waals surface area contributed by atoms with E-state index in [1.165, 1.54) is 4.88 Å². The standard InChI is InChI=1S/C12H21NO2S/c1-9-5-11(8-16-9)15-7-10(14)6-13-12(2,3)4/h5,8,10,13-14H,6-7H2,1-4H3/t10-/m0/s1. The number of thiophene rings is 1. The maximum absolute atomic E-state index is 9.70. The quantitative estimate of drug-likeness (QED) is 0.833. The minimum Gasteiger partial charge on any atom is -0.490 e. The molecule has 0 saturated heterocycles. The summed E-state index contributed by atoms with van der Waals surface area (Å²) in [5.41, 5.74) is 0.0277. The molecule has 3 nitrogen and oxygen atoms in total. The first-order valence-corrected chi connectivity index (χ1v) is 6.36. The molecule has 1 atom stereocenters. The van der Waals surface area contributed by atoms with Crippen molar-refractivity contribution in [3.05, 3.63) is 16.3 Å². The van der Waals surface area contributed by atoms with Crippen LogP contribution < -0.4 is 10.1 Å². The van der Waals surface area contributed by atoms with Crippen LogP contribution in [0.3, 0.4) is 0 Å². The van der Waals surface area contributed by atoms with Crippen LogP contribution in [0.2, 0.25) is 0 Å². The Morgan fingerprint density at radius 2 is 2.19 bits per heavy atom. The Labute approximate surface area is 101 Å². The Morgan fingerprint density at radius 3 is 2.69 bits per heavy atom. The molecule has 0 aliphatic heterocycles. The third-order valence-electron chi connectivity index (χ3n) is 2.02. The molecule has 0 bridgehead atoms. The molecule has 0 spiro atoms. The molecule has 16 heavy (non-hydrogen) atoms. The summed E-state index contributed by atoms with van der Waals surface area (Å²) in [4.78, 5) is 1.22. The van der Waals surface area contributed by atoms with Gasteiger partial charge in [-0.1, -0.05) is 0 Å². The van der Waals surface area contributed by atoms with E-state index in [9.17, 15) is 5.11 Å². The van der Waals surface area contributed by atoms with Crippen LogP contribution in [0.1, 0.15) is 25.6 Å². The molecule has 1 heterocycles. The predicted octanol–water partition coefficient (Wildman–Crippen LogP) is 2.18. The predicted molar refractivity (Wildman–Crippen MR) is 68.3 cm³/mol. The summed E-state index contributed by atoms with van der Waals surface area (Å²) in [6.45, 7) is 9.13. The van der Waals surface area contributed by atoms with Gasteiger partial charge in [-0.25, -0.2) is 0 Å². The van der Waals surface area contributed by atoms with Gasteiger partial charge in [0.05, 0.1) is 0 Å². The van der Waals surface area contributed by atoms with Crippen molar-refractivity contribution in [2.75, 3.05) is 13.2 Å². The summed E-state index contributed by atoms with van der Waals surface area (Å²) in [5.74, 6) is 0.845. The van der Waals surface area contributed by atoms with Crippen molar-refractivity contribution in [2.45, 2.75) is 39.3 Å². The van der Waals surface area contributed by atoms with Gasteiger partial charge in [-0.15, -0.1) is 11.3 Å². The first-order valence-electron chi connectivity index (χ1n) is 5.48. The molecule has 1 aromatic heterocycles. The monoisotopic (exact) mass is 243 g/mol. The summed E-state index contributed by atoms with van der Waals surface area (Å²) in [5, 5.41) is 14.9. The number of hydrogen-bond acceptors (Lipinski definition) is 4. The van der Waals surface area contributed by atoms with Crippen LogP contribution in [0.25, 0.3) is 0 Å². The fraction of sp³-hybridized carbons (Fsp3) is 0.667. The highest BCUT2D eigenvalue weighted by molar-refractivity contribution is 7.10. The maximum atomic E-state index is 9.70. The molecular formula is C12H21NO2S. The number of aliphatic hydroxyl groups is 1. The largest absolute Gasteiger partial charge is 0.490 e. The molecule has 1 rings (SSSR count). The number of nitrogens with one attached hydrogen (secondary N) is 1. The molecule has 0 fully saturated rings. The lowest BCUT2D eigenvalue weighted by molar-refractivity contribution is 0.100. The van der Waals surface area contributed by atoms with Crippen molar-refractivity contribution >= 4 is 11.3 Å². The van der Waals surface area contributed by atoms with Crippen molar-refractivity contribution in [3.63, 3.8) is 0 Å². The van der Waals surface area contributed by atoms with Gasteiger partial charge >= 0.3 is 0 Å². The van der Waals surface area contributed by atoms with Crippen molar-refractivity contribution in [2.24, 2.45) is 0 Å². The van der Waals surface area contributed by atoms with E-state index >= 15 is 0 Å². The van der Waals surface area contributed by atoms with Gasteiger partial charge in [0.1, 0.15) is 18.5 Å². The Morgan fingerprint density at radius 1 is 1.50 bits per heavy atom. The number of ether oxygens (including phenoxy) is 1. The van der Waals surface area contributed by atoms with E-state index in [0.717, 1.165) is 5.75 Å². The third kappa shape index (κ3) is 5.49. The second-order valence-electron chi connectivity index (χ2n) is 4.99. The zero-order valence-electron chi connectivity index (χ0n) is 10.4. The lowest BCUT2D eigenvalue weighted by Crippen LogP contribution is -2.42. The number of aryl methyl sites for hydroxylation is 1. The van der Waals surface area contributed by atoms with Crippen LogP contribution in [0, 0.1) is 6.92 Å². The summed E-state index contributed by atoms with van der Waals surface area (Å²) in [6.07, 6.45) is -0.473. The molecule has 0 radical (unpaired) electrons. The summed E-state index contributed by atoms with van der Waals surface area (Å²) < 4.78 is 5.47. The molecule has 0 saturated carbocycles. The average Bonchev–Trinajstić information content (AvgIpc) is 2.57. The summed E-state index contributed by atoms with van der Waals surface area (Å²) >= 11 is 1.65. The van der Waals surface area contributed by atoms with E-state index in [0.29, 0.717) is 13.2 Å². The molecule has 0 unspecified atom stereocenters. The van der Waals surface area contributed by atoms with Crippen LogP contribution in [-0.2, 0) is 0 Å². The highest BCUT2D eigenvalue weighted by atomic mass is 32.1. The highest BCUT2D eigenvalue weighted by Gasteiger charge is 2.12. The Hall–Kier alpha value is -0.580.